The smallest absolute Gasteiger partial charge is 0.354 e. The van der Waals surface area contributed by atoms with Crippen molar-refractivity contribution in [3.05, 3.63) is 41.1 Å². The largest absolute Gasteiger partial charge is 0.477 e. The molecule has 2 heterocycles. The molecule has 1 aliphatic rings. The van der Waals surface area contributed by atoms with Gasteiger partial charge in [-0.25, -0.2) is 4.79 Å². The van der Waals surface area contributed by atoms with Gasteiger partial charge in [0.2, 0.25) is 0 Å². The summed E-state index contributed by atoms with van der Waals surface area (Å²) < 4.78 is 1.68. The third-order valence-corrected chi connectivity index (χ3v) is 4.65. The predicted octanol–water partition coefficient (Wildman–Crippen LogP) is 3.63. The maximum Gasteiger partial charge on any atom is 0.354 e. The summed E-state index contributed by atoms with van der Waals surface area (Å²) in [4.78, 5) is 15.2. The van der Waals surface area contributed by atoms with Crippen LogP contribution in [0.3, 0.4) is 0 Å². The van der Waals surface area contributed by atoms with Crippen LogP contribution >= 0.6 is 0 Å². The number of aromatic amines is 1. The molecule has 0 radical (unpaired) electrons. The molecule has 118 valence electrons. The van der Waals surface area contributed by atoms with Crippen molar-refractivity contribution in [2.24, 2.45) is 0 Å². The molecule has 0 unspecified atom stereocenters. The second-order valence-corrected chi connectivity index (χ2v) is 6.08. The van der Waals surface area contributed by atoms with Gasteiger partial charge in [0, 0.05) is 23.0 Å². The number of aryl methyl sites for hydroxylation is 2. The first-order valence-electron chi connectivity index (χ1n) is 8.13. The Balaban J connectivity index is 1.92. The Bertz CT molecular complexity index is 905. The van der Waals surface area contributed by atoms with E-state index in [1.54, 1.807) is 4.68 Å². The fourth-order valence-electron chi connectivity index (χ4n) is 3.56. The number of carbonyl (C=O) groups is 1. The highest BCUT2D eigenvalue weighted by molar-refractivity contribution is 5.95. The lowest BCUT2D eigenvalue weighted by molar-refractivity contribution is 0.0681. The third kappa shape index (κ3) is 2.07. The standard InChI is InChI=1S/C18H19N3O2/c1-2-3-10-21-17(18(22)23)13-9-8-12-11-6-4-5-7-14(11)19-15(12)16(13)20-21/h4-7,19H,2-3,8-10H2,1H3,(H,22,23). The summed E-state index contributed by atoms with van der Waals surface area (Å²) in [7, 11) is 0. The van der Waals surface area contributed by atoms with E-state index in [2.05, 4.69) is 29.1 Å². The van der Waals surface area contributed by atoms with Crippen LogP contribution in [0, 0.1) is 0 Å². The van der Waals surface area contributed by atoms with E-state index in [1.807, 2.05) is 12.1 Å². The van der Waals surface area contributed by atoms with Crippen molar-refractivity contribution in [2.45, 2.75) is 39.2 Å². The molecule has 0 amide bonds. The first-order valence-corrected chi connectivity index (χ1v) is 8.13. The average molecular weight is 309 g/mol. The van der Waals surface area contributed by atoms with Crippen molar-refractivity contribution in [3.8, 4) is 11.4 Å². The van der Waals surface area contributed by atoms with Crippen LogP contribution in [-0.4, -0.2) is 25.8 Å². The fraction of sp³-hybridized carbons (Fsp3) is 0.333. The van der Waals surface area contributed by atoms with E-state index in [4.69, 9.17) is 0 Å². The average Bonchev–Trinajstić information content (AvgIpc) is 3.10. The van der Waals surface area contributed by atoms with Gasteiger partial charge in [0.25, 0.3) is 0 Å². The zero-order valence-electron chi connectivity index (χ0n) is 13.1. The molecule has 0 spiro atoms. The van der Waals surface area contributed by atoms with Crippen molar-refractivity contribution >= 4 is 16.9 Å². The van der Waals surface area contributed by atoms with E-state index in [0.717, 1.165) is 48.2 Å². The Morgan fingerprint density at radius 3 is 2.87 bits per heavy atom. The van der Waals surface area contributed by atoms with Gasteiger partial charge in [-0.1, -0.05) is 31.5 Å². The van der Waals surface area contributed by atoms with Gasteiger partial charge in [0.05, 0.1) is 5.69 Å². The number of rotatable bonds is 4. The molecule has 0 saturated carbocycles. The van der Waals surface area contributed by atoms with Crippen LogP contribution in [0.15, 0.2) is 24.3 Å². The number of hydrogen-bond donors (Lipinski definition) is 2. The van der Waals surface area contributed by atoms with E-state index in [9.17, 15) is 9.90 Å². The van der Waals surface area contributed by atoms with Crippen molar-refractivity contribution in [1.82, 2.24) is 14.8 Å². The van der Waals surface area contributed by atoms with Crippen molar-refractivity contribution in [1.29, 1.82) is 0 Å². The van der Waals surface area contributed by atoms with Crippen molar-refractivity contribution in [3.63, 3.8) is 0 Å². The van der Waals surface area contributed by atoms with Crippen LogP contribution in [0.2, 0.25) is 0 Å². The molecule has 3 aromatic rings. The highest BCUT2D eigenvalue weighted by atomic mass is 16.4. The minimum Gasteiger partial charge on any atom is -0.477 e. The van der Waals surface area contributed by atoms with E-state index in [0.29, 0.717) is 12.2 Å². The van der Waals surface area contributed by atoms with Gasteiger partial charge >= 0.3 is 5.97 Å². The number of fused-ring (bicyclic) bond motifs is 5. The zero-order valence-corrected chi connectivity index (χ0v) is 13.1. The second kappa shape index (κ2) is 5.26. The van der Waals surface area contributed by atoms with Crippen LogP contribution in [0.25, 0.3) is 22.3 Å². The van der Waals surface area contributed by atoms with E-state index < -0.39 is 5.97 Å². The molecule has 2 N–H and O–H groups in total. The monoisotopic (exact) mass is 309 g/mol. The Kier molecular flexibility index (Phi) is 3.22. The highest BCUT2D eigenvalue weighted by Gasteiger charge is 2.30. The van der Waals surface area contributed by atoms with Crippen molar-refractivity contribution in [2.75, 3.05) is 0 Å². The maximum absolute atomic E-state index is 11.7. The molecule has 0 bridgehead atoms. The first kappa shape index (κ1) is 14.1. The second-order valence-electron chi connectivity index (χ2n) is 6.08. The summed E-state index contributed by atoms with van der Waals surface area (Å²) in [5.41, 5.74) is 5.38. The van der Waals surface area contributed by atoms with Crippen LogP contribution in [-0.2, 0) is 19.4 Å². The van der Waals surface area contributed by atoms with Crippen LogP contribution in [0.5, 0.6) is 0 Å². The third-order valence-electron chi connectivity index (χ3n) is 4.65. The summed E-state index contributed by atoms with van der Waals surface area (Å²) in [5, 5.41) is 15.5. The number of carboxylic acids is 1. The fourth-order valence-corrected chi connectivity index (χ4v) is 3.56. The molecule has 5 heteroatoms. The van der Waals surface area contributed by atoms with E-state index >= 15 is 0 Å². The Morgan fingerprint density at radius 1 is 1.30 bits per heavy atom. The lowest BCUT2D eigenvalue weighted by Gasteiger charge is -2.11. The Morgan fingerprint density at radius 2 is 2.09 bits per heavy atom. The van der Waals surface area contributed by atoms with E-state index in [-0.39, 0.29) is 0 Å². The van der Waals surface area contributed by atoms with Gasteiger partial charge in [-0.15, -0.1) is 0 Å². The summed E-state index contributed by atoms with van der Waals surface area (Å²) in [6.07, 6.45) is 3.53. The first-order chi connectivity index (χ1) is 11.2. The highest BCUT2D eigenvalue weighted by Crippen LogP contribution is 2.38. The van der Waals surface area contributed by atoms with Gasteiger partial charge in [0.15, 0.2) is 0 Å². The molecular formula is C18H19N3O2. The van der Waals surface area contributed by atoms with Crippen LogP contribution in [0.4, 0.5) is 0 Å². The lowest BCUT2D eigenvalue weighted by Crippen LogP contribution is -2.12. The SMILES string of the molecule is CCCCn1nc2c(c1C(=O)O)CCc1c-2[nH]c2ccccc12. The molecule has 1 aromatic carbocycles. The molecule has 4 rings (SSSR count). The van der Waals surface area contributed by atoms with Gasteiger partial charge in [-0.05, 0) is 30.9 Å². The summed E-state index contributed by atoms with van der Waals surface area (Å²) in [6.45, 7) is 2.75. The summed E-state index contributed by atoms with van der Waals surface area (Å²) in [6, 6.07) is 8.21. The molecular weight excluding hydrogens is 290 g/mol. The lowest BCUT2D eigenvalue weighted by atomic mass is 9.92. The molecule has 0 aliphatic heterocycles. The normalized spacial score (nSPS) is 13.1. The van der Waals surface area contributed by atoms with Crippen molar-refractivity contribution < 1.29 is 9.90 Å². The van der Waals surface area contributed by atoms with Gasteiger partial charge in [0.1, 0.15) is 11.4 Å². The number of unbranched alkanes of at least 4 members (excludes halogenated alkanes) is 1. The minimum atomic E-state index is -0.880. The number of H-pyrrole nitrogens is 1. The summed E-state index contributed by atoms with van der Waals surface area (Å²) in [5.74, 6) is -0.880. The Hall–Kier alpha value is -2.56. The van der Waals surface area contributed by atoms with Crippen LogP contribution < -0.4 is 0 Å². The number of aromatic nitrogens is 3. The number of carboxylic acid groups (broad SMARTS) is 1. The predicted molar refractivity (Wildman–Crippen MR) is 88.8 cm³/mol. The molecule has 0 atom stereocenters. The number of para-hydroxylation sites is 1. The number of hydrogen-bond acceptors (Lipinski definition) is 2. The van der Waals surface area contributed by atoms with E-state index in [1.165, 1.54) is 10.9 Å². The molecule has 0 saturated heterocycles. The van der Waals surface area contributed by atoms with Crippen LogP contribution in [0.1, 0.15) is 41.4 Å². The number of aromatic carboxylic acids is 1. The molecule has 23 heavy (non-hydrogen) atoms. The van der Waals surface area contributed by atoms with Gasteiger partial charge in [-0.3, -0.25) is 4.68 Å². The number of nitrogens with one attached hydrogen (secondary N) is 1. The minimum absolute atomic E-state index is 0.359. The quantitative estimate of drug-likeness (QED) is 0.773. The molecule has 0 fully saturated rings. The molecule has 2 aromatic heterocycles. The molecule has 1 aliphatic carbocycles. The van der Waals surface area contributed by atoms with Gasteiger partial charge in [-0.2, -0.15) is 5.10 Å². The zero-order chi connectivity index (χ0) is 16.0. The molecule has 5 nitrogen and oxygen atoms in total. The number of benzene rings is 1. The Labute approximate surface area is 133 Å². The van der Waals surface area contributed by atoms with Gasteiger partial charge < -0.3 is 10.1 Å². The summed E-state index contributed by atoms with van der Waals surface area (Å²) >= 11 is 0. The topological polar surface area (TPSA) is 70.9 Å². The number of nitrogens with zero attached hydrogens (tertiary/aromatic N) is 2. The maximum atomic E-state index is 11.7.